The van der Waals surface area contributed by atoms with Crippen LogP contribution in [0.15, 0.2) is 58.7 Å². The Morgan fingerprint density at radius 3 is 2.56 bits per heavy atom. The molecule has 1 aromatic heterocycles. The number of hydrogen-bond donors (Lipinski definition) is 2. The fourth-order valence-electron chi connectivity index (χ4n) is 3.41. The maximum absolute atomic E-state index is 12.3. The molecule has 0 radical (unpaired) electrons. The van der Waals surface area contributed by atoms with E-state index in [0.717, 1.165) is 50.1 Å². The number of hydrogen-bond acceptors (Lipinski definition) is 6. The zero-order valence-electron chi connectivity index (χ0n) is 18.4. The van der Waals surface area contributed by atoms with Crippen LogP contribution in [-0.2, 0) is 10.0 Å². The first-order valence-corrected chi connectivity index (χ1v) is 11.8. The molecule has 1 saturated heterocycles. The summed E-state index contributed by atoms with van der Waals surface area (Å²) >= 11 is 0. The Labute approximate surface area is 207 Å². The van der Waals surface area contributed by atoms with Crippen molar-refractivity contribution in [3.8, 4) is 5.75 Å². The number of aliphatic imine (C=N–C) groups is 1. The molecule has 2 N–H and O–H groups in total. The number of para-hydroxylation sites is 2. The molecule has 0 aliphatic carbocycles. The molecule has 0 amide bonds. The quantitative estimate of drug-likeness (QED) is 0.215. The molecule has 2 heterocycles. The van der Waals surface area contributed by atoms with Crippen molar-refractivity contribution in [1.29, 1.82) is 0 Å². The highest BCUT2D eigenvalue weighted by Gasteiger charge is 2.21. The average Bonchev–Trinajstić information content (AvgIpc) is 2.82. The number of guanidine groups is 1. The maximum Gasteiger partial charge on any atom is 0.242 e. The number of pyridine rings is 1. The van der Waals surface area contributed by atoms with Gasteiger partial charge >= 0.3 is 0 Å². The number of ether oxygens (including phenoxy) is 1. The molecule has 0 spiro atoms. The van der Waals surface area contributed by atoms with E-state index < -0.39 is 10.0 Å². The van der Waals surface area contributed by atoms with E-state index in [4.69, 9.17) is 4.74 Å². The Balaban J connectivity index is 0.00000363. The van der Waals surface area contributed by atoms with Crippen LogP contribution in [0.4, 0.5) is 5.69 Å². The van der Waals surface area contributed by atoms with Crippen LogP contribution in [0.1, 0.15) is 6.92 Å². The highest BCUT2D eigenvalue weighted by Crippen LogP contribution is 2.28. The summed E-state index contributed by atoms with van der Waals surface area (Å²) in [6, 6.07) is 11.1. The molecule has 3 rings (SSSR count). The van der Waals surface area contributed by atoms with Crippen LogP contribution in [0.25, 0.3) is 0 Å². The maximum atomic E-state index is 12.3. The summed E-state index contributed by atoms with van der Waals surface area (Å²) in [5.74, 6) is 1.67. The summed E-state index contributed by atoms with van der Waals surface area (Å²) in [7, 11) is -1.89. The zero-order valence-corrected chi connectivity index (χ0v) is 21.5. The van der Waals surface area contributed by atoms with Gasteiger partial charge in [0.2, 0.25) is 10.0 Å². The minimum Gasteiger partial charge on any atom is -0.495 e. The van der Waals surface area contributed by atoms with Gasteiger partial charge in [0.25, 0.3) is 0 Å². The average molecular weight is 574 g/mol. The molecule has 0 unspecified atom stereocenters. The monoisotopic (exact) mass is 574 g/mol. The van der Waals surface area contributed by atoms with E-state index in [-0.39, 0.29) is 35.4 Å². The first-order chi connectivity index (χ1) is 15.0. The molecule has 176 valence electrons. The van der Waals surface area contributed by atoms with Gasteiger partial charge < -0.3 is 19.9 Å². The Bertz CT molecular complexity index is 967. The number of nitrogens with one attached hydrogen (secondary N) is 2. The minimum absolute atomic E-state index is 0. The van der Waals surface area contributed by atoms with E-state index in [9.17, 15) is 8.42 Å². The Morgan fingerprint density at radius 2 is 1.91 bits per heavy atom. The Morgan fingerprint density at radius 1 is 1.16 bits per heavy atom. The molecule has 9 nitrogen and oxygen atoms in total. The summed E-state index contributed by atoms with van der Waals surface area (Å²) in [6.45, 7) is 6.63. The lowest BCUT2D eigenvalue weighted by Gasteiger charge is -2.38. The van der Waals surface area contributed by atoms with Gasteiger partial charge in [-0.3, -0.25) is 9.98 Å². The third-order valence-corrected chi connectivity index (χ3v) is 6.40. The van der Waals surface area contributed by atoms with Crippen molar-refractivity contribution in [2.45, 2.75) is 11.8 Å². The predicted octanol–water partition coefficient (Wildman–Crippen LogP) is 1.77. The van der Waals surface area contributed by atoms with E-state index in [1.807, 2.05) is 25.1 Å². The molecule has 0 bridgehead atoms. The van der Waals surface area contributed by atoms with E-state index >= 15 is 0 Å². The Hall–Kier alpha value is -2.12. The van der Waals surface area contributed by atoms with Crippen molar-refractivity contribution in [2.24, 2.45) is 4.99 Å². The van der Waals surface area contributed by atoms with Crippen LogP contribution in [0.3, 0.4) is 0 Å². The number of methoxy groups -OCH3 is 1. The fraction of sp³-hybridized carbons (Fsp3) is 0.429. The van der Waals surface area contributed by atoms with Crippen LogP contribution in [0.2, 0.25) is 0 Å². The van der Waals surface area contributed by atoms with Gasteiger partial charge in [-0.2, -0.15) is 0 Å². The van der Waals surface area contributed by atoms with Crippen molar-refractivity contribution in [3.05, 3.63) is 48.8 Å². The standard InChI is InChI=1S/C21H30N6O3S.HI/c1-3-23-21(24-11-12-25-31(28,29)18-7-6-10-22-17-18)27-15-13-26(14-16-27)19-8-4-5-9-20(19)30-2;/h4-10,17,25H,3,11-16H2,1-2H3,(H,23,24);1H. The van der Waals surface area contributed by atoms with Crippen molar-refractivity contribution in [3.63, 3.8) is 0 Å². The van der Waals surface area contributed by atoms with Crippen LogP contribution in [0, 0.1) is 0 Å². The normalized spacial score (nSPS) is 14.6. The predicted molar refractivity (Wildman–Crippen MR) is 138 cm³/mol. The lowest BCUT2D eigenvalue weighted by molar-refractivity contribution is 0.367. The second-order valence-corrected chi connectivity index (χ2v) is 8.74. The van der Waals surface area contributed by atoms with Crippen LogP contribution >= 0.6 is 24.0 Å². The topological polar surface area (TPSA) is 99.2 Å². The van der Waals surface area contributed by atoms with Crippen molar-refractivity contribution in [1.82, 2.24) is 19.9 Å². The first-order valence-electron chi connectivity index (χ1n) is 10.4. The Kier molecular flexibility index (Phi) is 10.5. The minimum atomic E-state index is -3.57. The molecule has 0 atom stereocenters. The highest BCUT2D eigenvalue weighted by molar-refractivity contribution is 14.0. The third-order valence-electron chi connectivity index (χ3n) is 4.95. The molecule has 1 aliphatic heterocycles. The zero-order chi connectivity index (χ0) is 22.1. The number of aromatic nitrogens is 1. The smallest absolute Gasteiger partial charge is 0.242 e. The summed E-state index contributed by atoms with van der Waals surface area (Å²) in [5, 5.41) is 3.30. The lowest BCUT2D eigenvalue weighted by Crippen LogP contribution is -2.52. The molecular weight excluding hydrogens is 543 g/mol. The van der Waals surface area contributed by atoms with E-state index in [2.05, 4.69) is 35.9 Å². The van der Waals surface area contributed by atoms with Gasteiger partial charge in [-0.15, -0.1) is 24.0 Å². The van der Waals surface area contributed by atoms with Crippen molar-refractivity contribution in [2.75, 3.05) is 57.8 Å². The third kappa shape index (κ3) is 6.94. The fourth-order valence-corrected chi connectivity index (χ4v) is 4.39. The van der Waals surface area contributed by atoms with E-state index in [0.29, 0.717) is 6.54 Å². The summed E-state index contributed by atoms with van der Waals surface area (Å²) in [6.07, 6.45) is 2.87. The molecule has 1 fully saturated rings. The van der Waals surface area contributed by atoms with Crippen LogP contribution in [-0.4, -0.2) is 77.2 Å². The summed E-state index contributed by atoms with van der Waals surface area (Å²) in [4.78, 5) is 13.1. The lowest BCUT2D eigenvalue weighted by atomic mass is 10.2. The molecule has 1 aliphatic rings. The molecular formula is C21H31IN6O3S. The van der Waals surface area contributed by atoms with Gasteiger partial charge in [-0.05, 0) is 31.2 Å². The second-order valence-electron chi connectivity index (χ2n) is 6.97. The molecule has 2 aromatic rings. The largest absolute Gasteiger partial charge is 0.495 e. The second kappa shape index (κ2) is 12.8. The number of sulfonamides is 1. The van der Waals surface area contributed by atoms with E-state index in [1.54, 1.807) is 19.4 Å². The summed E-state index contributed by atoms with van der Waals surface area (Å²) < 4.78 is 32.6. The molecule has 32 heavy (non-hydrogen) atoms. The van der Waals surface area contributed by atoms with Gasteiger partial charge in [-0.25, -0.2) is 13.1 Å². The number of piperazine rings is 1. The number of benzene rings is 1. The number of halogens is 1. The highest BCUT2D eigenvalue weighted by atomic mass is 127. The number of nitrogens with zero attached hydrogens (tertiary/aromatic N) is 4. The summed E-state index contributed by atoms with van der Waals surface area (Å²) in [5.41, 5.74) is 1.09. The van der Waals surface area contributed by atoms with Crippen molar-refractivity contribution >= 4 is 45.6 Å². The van der Waals surface area contributed by atoms with Gasteiger partial charge in [-0.1, -0.05) is 12.1 Å². The van der Waals surface area contributed by atoms with Gasteiger partial charge in [0, 0.05) is 51.7 Å². The first kappa shape index (κ1) is 26.1. The van der Waals surface area contributed by atoms with E-state index in [1.165, 1.54) is 12.3 Å². The van der Waals surface area contributed by atoms with Gasteiger partial charge in [0.1, 0.15) is 10.6 Å². The van der Waals surface area contributed by atoms with Crippen LogP contribution in [0.5, 0.6) is 5.75 Å². The van der Waals surface area contributed by atoms with Crippen molar-refractivity contribution < 1.29 is 13.2 Å². The van der Waals surface area contributed by atoms with Gasteiger partial charge in [0.15, 0.2) is 5.96 Å². The molecule has 0 saturated carbocycles. The number of rotatable bonds is 8. The van der Waals surface area contributed by atoms with Crippen LogP contribution < -0.4 is 19.7 Å². The SMILES string of the molecule is CCNC(=NCCNS(=O)(=O)c1cccnc1)N1CCN(c2ccccc2OC)CC1.I. The molecule has 1 aromatic carbocycles. The molecule has 11 heteroatoms. The van der Waals surface area contributed by atoms with Gasteiger partial charge in [0.05, 0.1) is 19.3 Å². The number of anilines is 1.